The third-order valence-electron chi connectivity index (χ3n) is 1.05. The zero-order valence-corrected chi connectivity index (χ0v) is 5.64. The molecule has 0 aromatic rings. The predicted molar refractivity (Wildman–Crippen MR) is 35.3 cm³/mol. The van der Waals surface area contributed by atoms with E-state index in [1.807, 2.05) is 0 Å². The Hall–Kier alpha value is 0.230. The molecule has 8 heavy (non-hydrogen) atoms. The maximum Gasteiger partial charge on any atom is 0.101 e. The van der Waals surface area contributed by atoms with E-state index in [9.17, 15) is 5.21 Å². The van der Waals surface area contributed by atoms with Gasteiger partial charge in [0.05, 0.1) is 13.2 Å². The minimum atomic E-state index is 0. The van der Waals surface area contributed by atoms with E-state index in [-0.39, 0.29) is 13.5 Å². The van der Waals surface area contributed by atoms with Gasteiger partial charge in [-0.1, -0.05) is 0 Å². The summed E-state index contributed by atoms with van der Waals surface area (Å²) in [5, 5.41) is 10.7. The summed E-state index contributed by atoms with van der Waals surface area (Å²) in [7, 11) is 0. The molecule has 0 atom stereocenters. The summed E-state index contributed by atoms with van der Waals surface area (Å²) in [6.45, 7) is 2.53. The number of nitrogens with one attached hydrogen (secondary N) is 1. The molecule has 0 aromatic carbocycles. The van der Waals surface area contributed by atoms with E-state index < -0.39 is 0 Å². The molecule has 0 aliphatic carbocycles. The number of quaternary nitrogens is 1. The lowest BCUT2D eigenvalue weighted by atomic mass is 10.5. The van der Waals surface area contributed by atoms with Crippen molar-refractivity contribution in [1.82, 2.24) is 0 Å². The van der Waals surface area contributed by atoms with Crippen molar-refractivity contribution in [2.75, 3.05) is 26.3 Å². The summed E-state index contributed by atoms with van der Waals surface area (Å²) in [5.41, 5.74) is 0. The molecule has 1 rings (SSSR count). The van der Waals surface area contributed by atoms with Crippen LogP contribution in [0.5, 0.6) is 0 Å². The van der Waals surface area contributed by atoms with Gasteiger partial charge in [0.2, 0.25) is 0 Å². The molecular formula is C4H11NO2S. The summed E-state index contributed by atoms with van der Waals surface area (Å²) < 4.78 is 4.92. The fraction of sp³-hybridized carbons (Fsp3) is 1.00. The van der Waals surface area contributed by atoms with Gasteiger partial charge in [0, 0.05) is 0 Å². The Morgan fingerprint density at radius 3 is 2.00 bits per heavy atom. The molecule has 1 aliphatic heterocycles. The molecular weight excluding hydrogens is 126 g/mol. The topological polar surface area (TPSA) is 36.7 Å². The van der Waals surface area contributed by atoms with Crippen molar-refractivity contribution in [2.24, 2.45) is 0 Å². The number of rotatable bonds is 0. The molecule has 0 bridgehead atoms. The van der Waals surface area contributed by atoms with Crippen molar-refractivity contribution in [3.05, 3.63) is 5.21 Å². The van der Waals surface area contributed by atoms with E-state index >= 15 is 0 Å². The molecule has 50 valence electrons. The lowest BCUT2D eigenvalue weighted by molar-refractivity contribution is -0.857. The average molecular weight is 137 g/mol. The lowest BCUT2D eigenvalue weighted by Gasteiger charge is -2.25. The molecule has 1 aliphatic rings. The second-order valence-corrected chi connectivity index (χ2v) is 1.65. The highest BCUT2D eigenvalue weighted by molar-refractivity contribution is 7.59. The first kappa shape index (κ1) is 8.23. The average Bonchev–Trinajstić information content (AvgIpc) is 1.69. The zero-order chi connectivity index (χ0) is 5.11. The van der Waals surface area contributed by atoms with Crippen molar-refractivity contribution in [3.8, 4) is 0 Å². The molecule has 3 nitrogen and oxygen atoms in total. The van der Waals surface area contributed by atoms with Gasteiger partial charge in [0.25, 0.3) is 0 Å². The van der Waals surface area contributed by atoms with Crippen LogP contribution in [0.1, 0.15) is 0 Å². The Kier molecular flexibility index (Phi) is 4.26. The molecule has 0 saturated carbocycles. The first-order valence-corrected chi connectivity index (χ1v) is 2.49. The number of morpholine rings is 1. The highest BCUT2D eigenvalue weighted by Gasteiger charge is 2.02. The van der Waals surface area contributed by atoms with Gasteiger partial charge in [-0.15, -0.1) is 0 Å². The van der Waals surface area contributed by atoms with Crippen LogP contribution in [0.25, 0.3) is 0 Å². The van der Waals surface area contributed by atoms with Crippen LogP contribution in [0.4, 0.5) is 0 Å². The summed E-state index contributed by atoms with van der Waals surface area (Å²) in [5.74, 6) is 0. The fourth-order valence-corrected chi connectivity index (χ4v) is 0.599. The third kappa shape index (κ3) is 2.52. The second-order valence-electron chi connectivity index (χ2n) is 1.65. The Labute approximate surface area is 55.6 Å². The summed E-state index contributed by atoms with van der Waals surface area (Å²) in [6.07, 6.45) is 0. The van der Waals surface area contributed by atoms with E-state index in [0.717, 1.165) is 0 Å². The first-order valence-electron chi connectivity index (χ1n) is 2.49. The van der Waals surface area contributed by atoms with Gasteiger partial charge in [0.15, 0.2) is 0 Å². The van der Waals surface area contributed by atoms with Crippen LogP contribution in [0, 0.1) is 5.21 Å². The van der Waals surface area contributed by atoms with Gasteiger partial charge in [-0.2, -0.15) is 13.5 Å². The highest BCUT2D eigenvalue weighted by Crippen LogP contribution is 1.72. The Balaban J connectivity index is 0.000000490. The Morgan fingerprint density at radius 1 is 1.25 bits per heavy atom. The van der Waals surface area contributed by atoms with E-state index in [2.05, 4.69) is 0 Å². The molecule has 0 amide bonds. The SMILES string of the molecule is S.[O-][NH+]1CCOCC1. The van der Waals surface area contributed by atoms with Crippen LogP contribution in [0.2, 0.25) is 0 Å². The first-order chi connectivity index (χ1) is 3.39. The molecule has 1 fully saturated rings. The van der Waals surface area contributed by atoms with Crippen LogP contribution < -0.4 is 5.06 Å². The molecule has 1 heterocycles. The third-order valence-corrected chi connectivity index (χ3v) is 1.05. The number of hydroxylamine groups is 2. The largest absolute Gasteiger partial charge is 0.634 e. The quantitative estimate of drug-likeness (QED) is 0.413. The van der Waals surface area contributed by atoms with Gasteiger partial charge < -0.3 is 15.0 Å². The highest BCUT2D eigenvalue weighted by atomic mass is 32.1. The monoisotopic (exact) mass is 137 g/mol. The van der Waals surface area contributed by atoms with Crippen LogP contribution >= 0.6 is 13.5 Å². The number of hydrogen-bond acceptors (Lipinski definition) is 2. The van der Waals surface area contributed by atoms with Gasteiger partial charge >= 0.3 is 0 Å². The zero-order valence-electron chi connectivity index (χ0n) is 4.64. The standard InChI is InChI=1S/C4H9NO2.H2S/c6-5-1-3-7-4-2-5;/h5H,1-4H2;1H2. The maximum absolute atomic E-state index is 10.4. The van der Waals surface area contributed by atoms with E-state index in [4.69, 9.17) is 4.74 Å². The molecule has 4 heteroatoms. The second kappa shape index (κ2) is 4.14. The van der Waals surface area contributed by atoms with Crippen LogP contribution in [0.15, 0.2) is 0 Å². The van der Waals surface area contributed by atoms with E-state index in [1.54, 1.807) is 0 Å². The molecule has 0 aromatic heterocycles. The van der Waals surface area contributed by atoms with Crippen molar-refractivity contribution < 1.29 is 9.80 Å². The van der Waals surface area contributed by atoms with Gasteiger partial charge in [-0.3, -0.25) is 0 Å². The van der Waals surface area contributed by atoms with Crippen molar-refractivity contribution in [1.29, 1.82) is 0 Å². The summed E-state index contributed by atoms with van der Waals surface area (Å²) in [4.78, 5) is 0. The van der Waals surface area contributed by atoms with Crippen molar-refractivity contribution >= 4 is 13.5 Å². The summed E-state index contributed by atoms with van der Waals surface area (Å²) in [6, 6.07) is 0. The Morgan fingerprint density at radius 2 is 1.75 bits per heavy atom. The van der Waals surface area contributed by atoms with E-state index in [0.29, 0.717) is 31.4 Å². The van der Waals surface area contributed by atoms with Crippen molar-refractivity contribution in [3.63, 3.8) is 0 Å². The maximum atomic E-state index is 10.4. The Bertz CT molecular complexity index is 56.0. The van der Waals surface area contributed by atoms with Crippen LogP contribution in [0.3, 0.4) is 0 Å². The molecule has 0 unspecified atom stereocenters. The normalized spacial score (nSPS) is 22.1. The van der Waals surface area contributed by atoms with Gasteiger partial charge in [-0.05, 0) is 0 Å². The minimum Gasteiger partial charge on any atom is -0.634 e. The minimum absolute atomic E-state index is 0. The number of ether oxygens (including phenoxy) is 1. The smallest absolute Gasteiger partial charge is 0.101 e. The van der Waals surface area contributed by atoms with Crippen molar-refractivity contribution in [2.45, 2.75) is 0 Å². The molecule has 1 N–H and O–H groups in total. The lowest BCUT2D eigenvalue weighted by Crippen LogP contribution is -3.09. The van der Waals surface area contributed by atoms with Gasteiger partial charge in [-0.25, -0.2) is 0 Å². The molecule has 1 saturated heterocycles. The fourth-order valence-electron chi connectivity index (χ4n) is 0.599. The van der Waals surface area contributed by atoms with Crippen LogP contribution in [-0.4, -0.2) is 26.3 Å². The predicted octanol–water partition coefficient (Wildman–Crippen LogP) is -1.49. The molecule has 0 spiro atoms. The number of hydrogen-bond donors (Lipinski definition) is 1. The van der Waals surface area contributed by atoms with E-state index in [1.165, 1.54) is 0 Å². The van der Waals surface area contributed by atoms with Gasteiger partial charge in [0.1, 0.15) is 13.1 Å². The molecule has 0 radical (unpaired) electrons. The summed E-state index contributed by atoms with van der Waals surface area (Å²) >= 11 is 0. The van der Waals surface area contributed by atoms with Crippen LogP contribution in [-0.2, 0) is 4.74 Å².